The number of ether oxygens (including phenoxy) is 1. The highest BCUT2D eigenvalue weighted by Gasteiger charge is 2.08. The molecule has 66 valence electrons. The van der Waals surface area contributed by atoms with Crippen molar-refractivity contribution in [3.8, 4) is 0 Å². The first-order chi connectivity index (χ1) is 5.75. The zero-order valence-electron chi connectivity index (χ0n) is 6.83. The summed E-state index contributed by atoms with van der Waals surface area (Å²) in [5, 5.41) is 0. The SMILES string of the molecule is COC[C@@H](N)c1ccncc1Br. The Balaban J connectivity index is 2.79. The Bertz CT molecular complexity index is 255. The topological polar surface area (TPSA) is 48.1 Å². The van der Waals surface area contributed by atoms with Crippen molar-refractivity contribution < 1.29 is 4.74 Å². The molecule has 0 saturated heterocycles. The predicted octanol–water partition coefficient (Wildman–Crippen LogP) is 1.49. The van der Waals surface area contributed by atoms with E-state index in [0.29, 0.717) is 6.61 Å². The molecule has 0 aromatic carbocycles. The molecule has 1 rings (SSSR count). The average Bonchev–Trinajstić information content (AvgIpc) is 2.05. The maximum atomic E-state index is 5.82. The molecule has 3 nitrogen and oxygen atoms in total. The van der Waals surface area contributed by atoms with Crippen LogP contribution in [-0.2, 0) is 4.74 Å². The van der Waals surface area contributed by atoms with Gasteiger partial charge in [0.1, 0.15) is 0 Å². The van der Waals surface area contributed by atoms with Gasteiger partial charge < -0.3 is 10.5 Å². The van der Waals surface area contributed by atoms with E-state index in [1.165, 1.54) is 0 Å². The Morgan fingerprint density at radius 2 is 2.50 bits per heavy atom. The summed E-state index contributed by atoms with van der Waals surface area (Å²) in [6, 6.07) is 1.79. The van der Waals surface area contributed by atoms with Crippen LogP contribution in [-0.4, -0.2) is 18.7 Å². The summed E-state index contributed by atoms with van der Waals surface area (Å²) in [7, 11) is 1.63. The molecule has 0 spiro atoms. The number of aromatic nitrogens is 1. The van der Waals surface area contributed by atoms with E-state index in [4.69, 9.17) is 10.5 Å². The van der Waals surface area contributed by atoms with Gasteiger partial charge >= 0.3 is 0 Å². The minimum absolute atomic E-state index is 0.0904. The third kappa shape index (κ3) is 2.27. The predicted molar refractivity (Wildman–Crippen MR) is 50.7 cm³/mol. The quantitative estimate of drug-likeness (QED) is 0.857. The van der Waals surface area contributed by atoms with Crippen molar-refractivity contribution in [2.45, 2.75) is 6.04 Å². The van der Waals surface area contributed by atoms with Crippen LogP contribution in [0.25, 0.3) is 0 Å². The molecule has 1 aromatic heterocycles. The van der Waals surface area contributed by atoms with Gasteiger partial charge in [0.05, 0.1) is 12.6 Å². The van der Waals surface area contributed by atoms with Gasteiger partial charge in [-0.2, -0.15) is 0 Å². The van der Waals surface area contributed by atoms with Gasteiger partial charge in [-0.15, -0.1) is 0 Å². The second-order valence-electron chi connectivity index (χ2n) is 2.46. The van der Waals surface area contributed by atoms with E-state index >= 15 is 0 Å². The van der Waals surface area contributed by atoms with E-state index in [9.17, 15) is 0 Å². The van der Waals surface area contributed by atoms with Gasteiger partial charge in [0.25, 0.3) is 0 Å². The number of nitrogens with two attached hydrogens (primary N) is 1. The molecule has 0 amide bonds. The molecule has 2 N–H and O–H groups in total. The summed E-state index contributed by atoms with van der Waals surface area (Å²) >= 11 is 3.37. The van der Waals surface area contributed by atoms with E-state index < -0.39 is 0 Å². The second kappa shape index (κ2) is 4.54. The largest absolute Gasteiger partial charge is 0.383 e. The van der Waals surface area contributed by atoms with Crippen LogP contribution in [0.3, 0.4) is 0 Å². The zero-order chi connectivity index (χ0) is 8.97. The van der Waals surface area contributed by atoms with Crippen LogP contribution in [0.1, 0.15) is 11.6 Å². The van der Waals surface area contributed by atoms with Crippen molar-refractivity contribution in [1.29, 1.82) is 0 Å². The van der Waals surface area contributed by atoms with Gasteiger partial charge in [0.2, 0.25) is 0 Å². The molecule has 0 saturated carbocycles. The summed E-state index contributed by atoms with van der Waals surface area (Å²) in [5.41, 5.74) is 6.84. The monoisotopic (exact) mass is 230 g/mol. The van der Waals surface area contributed by atoms with Crippen molar-refractivity contribution >= 4 is 15.9 Å². The lowest BCUT2D eigenvalue weighted by Gasteiger charge is -2.11. The fourth-order valence-corrected chi connectivity index (χ4v) is 1.50. The molecule has 1 aromatic rings. The first-order valence-electron chi connectivity index (χ1n) is 3.59. The summed E-state index contributed by atoms with van der Waals surface area (Å²) in [6.45, 7) is 0.516. The molecular formula is C8H11BrN2O. The van der Waals surface area contributed by atoms with E-state index in [2.05, 4.69) is 20.9 Å². The van der Waals surface area contributed by atoms with Crippen LogP contribution < -0.4 is 5.73 Å². The highest BCUT2D eigenvalue weighted by molar-refractivity contribution is 9.10. The summed E-state index contributed by atoms with van der Waals surface area (Å²) in [6.07, 6.45) is 3.44. The highest BCUT2D eigenvalue weighted by atomic mass is 79.9. The lowest BCUT2D eigenvalue weighted by atomic mass is 10.1. The van der Waals surface area contributed by atoms with Crippen LogP contribution in [0.4, 0.5) is 0 Å². The minimum Gasteiger partial charge on any atom is -0.383 e. The number of rotatable bonds is 3. The van der Waals surface area contributed by atoms with E-state index in [1.54, 1.807) is 19.5 Å². The maximum Gasteiger partial charge on any atom is 0.0656 e. The van der Waals surface area contributed by atoms with Crippen LogP contribution >= 0.6 is 15.9 Å². The lowest BCUT2D eigenvalue weighted by Crippen LogP contribution is -2.16. The van der Waals surface area contributed by atoms with Gasteiger partial charge in [0, 0.05) is 24.0 Å². The maximum absolute atomic E-state index is 5.82. The Hall–Kier alpha value is -0.450. The average molecular weight is 231 g/mol. The molecule has 0 fully saturated rings. The molecule has 0 aliphatic carbocycles. The van der Waals surface area contributed by atoms with Gasteiger partial charge in [-0.3, -0.25) is 4.98 Å². The van der Waals surface area contributed by atoms with Crippen molar-refractivity contribution in [2.75, 3.05) is 13.7 Å². The van der Waals surface area contributed by atoms with Crippen molar-refractivity contribution in [3.05, 3.63) is 28.5 Å². The number of hydrogen-bond donors (Lipinski definition) is 1. The molecule has 12 heavy (non-hydrogen) atoms. The highest BCUT2D eigenvalue weighted by Crippen LogP contribution is 2.20. The smallest absolute Gasteiger partial charge is 0.0656 e. The molecule has 0 unspecified atom stereocenters. The molecule has 0 aliphatic heterocycles. The number of methoxy groups -OCH3 is 1. The number of nitrogens with zero attached hydrogens (tertiary/aromatic N) is 1. The molecule has 0 bridgehead atoms. The van der Waals surface area contributed by atoms with E-state index in [0.717, 1.165) is 10.0 Å². The van der Waals surface area contributed by atoms with Gasteiger partial charge in [-0.25, -0.2) is 0 Å². The number of halogens is 1. The number of pyridine rings is 1. The Labute approximate surface area is 80.1 Å². The van der Waals surface area contributed by atoms with Crippen LogP contribution in [0.15, 0.2) is 22.9 Å². The first kappa shape index (κ1) is 9.64. The van der Waals surface area contributed by atoms with Crippen molar-refractivity contribution in [2.24, 2.45) is 5.73 Å². The Morgan fingerprint density at radius 3 is 3.08 bits per heavy atom. The van der Waals surface area contributed by atoms with Crippen LogP contribution in [0.2, 0.25) is 0 Å². The molecule has 4 heteroatoms. The van der Waals surface area contributed by atoms with Crippen molar-refractivity contribution in [1.82, 2.24) is 4.98 Å². The van der Waals surface area contributed by atoms with Crippen LogP contribution in [0.5, 0.6) is 0 Å². The van der Waals surface area contributed by atoms with Gasteiger partial charge in [-0.1, -0.05) is 0 Å². The molecule has 0 aliphatic rings. The third-order valence-corrected chi connectivity index (χ3v) is 2.21. The second-order valence-corrected chi connectivity index (χ2v) is 3.31. The summed E-state index contributed by atoms with van der Waals surface area (Å²) in [5.74, 6) is 0. The lowest BCUT2D eigenvalue weighted by molar-refractivity contribution is 0.180. The molecule has 1 heterocycles. The minimum atomic E-state index is -0.0904. The fraction of sp³-hybridized carbons (Fsp3) is 0.375. The summed E-state index contributed by atoms with van der Waals surface area (Å²) < 4.78 is 5.87. The molecule has 1 atom stereocenters. The van der Waals surface area contributed by atoms with E-state index in [-0.39, 0.29) is 6.04 Å². The molecule has 0 radical (unpaired) electrons. The zero-order valence-corrected chi connectivity index (χ0v) is 8.41. The standard InChI is InChI=1S/C8H11BrN2O/c1-12-5-8(10)6-2-3-11-4-7(6)9/h2-4,8H,5,10H2,1H3/t8-/m1/s1. The normalized spacial score (nSPS) is 12.9. The molecular weight excluding hydrogens is 220 g/mol. The van der Waals surface area contributed by atoms with Gasteiger partial charge in [-0.05, 0) is 27.6 Å². The third-order valence-electron chi connectivity index (χ3n) is 1.55. The fourth-order valence-electron chi connectivity index (χ4n) is 0.956. The van der Waals surface area contributed by atoms with Crippen molar-refractivity contribution in [3.63, 3.8) is 0 Å². The van der Waals surface area contributed by atoms with Crippen LogP contribution in [0, 0.1) is 0 Å². The van der Waals surface area contributed by atoms with E-state index in [1.807, 2.05) is 6.07 Å². The van der Waals surface area contributed by atoms with Gasteiger partial charge in [0.15, 0.2) is 0 Å². The first-order valence-corrected chi connectivity index (χ1v) is 4.39. The number of hydrogen-bond acceptors (Lipinski definition) is 3. The Morgan fingerprint density at radius 1 is 1.75 bits per heavy atom. The Kier molecular flexibility index (Phi) is 3.65. The summed E-state index contributed by atoms with van der Waals surface area (Å²) in [4.78, 5) is 3.94.